The van der Waals surface area contributed by atoms with Gasteiger partial charge in [0, 0.05) is 24.2 Å². The molecule has 8 nitrogen and oxygen atoms in total. The highest BCUT2D eigenvalue weighted by atomic mass is 19.1. The van der Waals surface area contributed by atoms with Crippen LogP contribution < -0.4 is 16.1 Å². The number of hydrazine groups is 1. The molecule has 0 aliphatic carbocycles. The molecule has 4 heterocycles. The lowest BCUT2D eigenvalue weighted by atomic mass is 9.92. The molecule has 2 saturated heterocycles. The summed E-state index contributed by atoms with van der Waals surface area (Å²) in [5, 5.41) is 12.4. The monoisotopic (exact) mass is 384 g/mol. The number of nitrogens with zero attached hydrogens (tertiary/aromatic N) is 3. The molecule has 28 heavy (non-hydrogen) atoms. The van der Waals surface area contributed by atoms with Gasteiger partial charge in [-0.15, -0.1) is 0 Å². The van der Waals surface area contributed by atoms with Crippen molar-refractivity contribution in [3.8, 4) is 11.5 Å². The summed E-state index contributed by atoms with van der Waals surface area (Å²) in [5.41, 5.74) is 4.65. The van der Waals surface area contributed by atoms with E-state index in [9.17, 15) is 9.18 Å². The molecule has 0 radical (unpaired) electrons. The summed E-state index contributed by atoms with van der Waals surface area (Å²) in [6, 6.07) is 6.29. The second kappa shape index (κ2) is 6.99. The van der Waals surface area contributed by atoms with Crippen LogP contribution in [0.2, 0.25) is 0 Å². The number of halogens is 1. The molecule has 2 fully saturated rings. The van der Waals surface area contributed by atoms with Gasteiger partial charge in [0.05, 0.1) is 11.5 Å². The topological polar surface area (TPSA) is 95.3 Å². The molecule has 0 bridgehead atoms. The van der Waals surface area contributed by atoms with Crippen molar-refractivity contribution >= 4 is 5.91 Å². The van der Waals surface area contributed by atoms with Crippen LogP contribution in [0.25, 0.3) is 11.5 Å². The van der Waals surface area contributed by atoms with Crippen LogP contribution in [-0.2, 0) is 4.79 Å². The van der Waals surface area contributed by atoms with Gasteiger partial charge >= 0.3 is 0 Å². The van der Waals surface area contributed by atoms with E-state index in [1.807, 2.05) is 5.01 Å². The number of nitrogens with one attached hydrogen (secondary N) is 3. The molecule has 5 rings (SSSR count). The first kappa shape index (κ1) is 17.3. The molecular weight excluding hydrogens is 363 g/mol. The van der Waals surface area contributed by atoms with E-state index in [1.54, 1.807) is 24.3 Å². The molecule has 3 N–H and O–H groups in total. The van der Waals surface area contributed by atoms with Gasteiger partial charge in [-0.3, -0.25) is 9.80 Å². The van der Waals surface area contributed by atoms with Gasteiger partial charge in [-0.05, 0) is 38.1 Å². The van der Waals surface area contributed by atoms with Crippen LogP contribution in [0.4, 0.5) is 4.39 Å². The highest BCUT2D eigenvalue weighted by Crippen LogP contribution is 2.34. The molecule has 0 spiro atoms. The Hall–Kier alpha value is -2.78. The van der Waals surface area contributed by atoms with E-state index in [2.05, 4.69) is 26.2 Å². The maximum absolute atomic E-state index is 14.0. The average molecular weight is 384 g/mol. The van der Waals surface area contributed by atoms with E-state index in [4.69, 9.17) is 4.52 Å². The van der Waals surface area contributed by atoms with E-state index in [0.717, 1.165) is 31.6 Å². The third-order valence-corrected chi connectivity index (χ3v) is 5.62. The summed E-state index contributed by atoms with van der Waals surface area (Å²) in [5.74, 6) is 0.208. The third kappa shape index (κ3) is 2.96. The largest absolute Gasteiger partial charge is 0.334 e. The molecule has 1 amide bonds. The van der Waals surface area contributed by atoms with Gasteiger partial charge < -0.3 is 15.2 Å². The lowest BCUT2D eigenvalue weighted by molar-refractivity contribution is -0.119. The van der Waals surface area contributed by atoms with E-state index in [-0.39, 0.29) is 29.4 Å². The van der Waals surface area contributed by atoms with Crippen LogP contribution in [0.3, 0.4) is 0 Å². The van der Waals surface area contributed by atoms with Gasteiger partial charge in [0.2, 0.25) is 5.91 Å². The zero-order valence-electron chi connectivity index (χ0n) is 15.2. The number of carbonyl (C=O) groups is 1. The summed E-state index contributed by atoms with van der Waals surface area (Å²) >= 11 is 0. The van der Waals surface area contributed by atoms with E-state index in [0.29, 0.717) is 18.3 Å². The highest BCUT2D eigenvalue weighted by molar-refractivity contribution is 5.89. The predicted octanol–water partition coefficient (Wildman–Crippen LogP) is 1.12. The van der Waals surface area contributed by atoms with Crippen LogP contribution in [0.15, 0.2) is 40.6 Å². The van der Waals surface area contributed by atoms with Crippen molar-refractivity contribution in [3.05, 3.63) is 47.7 Å². The normalized spacial score (nSPS) is 25.4. The number of piperidine rings is 1. The van der Waals surface area contributed by atoms with Gasteiger partial charge in [0.1, 0.15) is 12.0 Å². The number of aromatic nitrogens is 2. The Morgan fingerprint density at radius 1 is 1.21 bits per heavy atom. The molecule has 2 atom stereocenters. The van der Waals surface area contributed by atoms with Crippen LogP contribution in [0.1, 0.15) is 24.6 Å². The van der Waals surface area contributed by atoms with Crippen LogP contribution in [-0.4, -0.2) is 46.9 Å². The molecule has 3 aliphatic rings. The third-order valence-electron chi connectivity index (χ3n) is 5.62. The second-order valence-corrected chi connectivity index (χ2v) is 7.32. The number of carbonyl (C=O) groups excluding carboxylic acids is 1. The SMILES string of the molecule is O=C1C=C(C2CCNCC2)N2NCC(c3noc(-c4ccccc4F)n3)C2N1. The Labute approximate surface area is 161 Å². The van der Waals surface area contributed by atoms with Gasteiger partial charge in [0.25, 0.3) is 5.89 Å². The smallest absolute Gasteiger partial charge is 0.260 e. The Bertz CT molecular complexity index is 923. The van der Waals surface area contributed by atoms with E-state index in [1.165, 1.54) is 6.07 Å². The Morgan fingerprint density at radius 3 is 2.86 bits per heavy atom. The Kier molecular flexibility index (Phi) is 4.33. The maximum atomic E-state index is 14.0. The van der Waals surface area contributed by atoms with Crippen LogP contribution >= 0.6 is 0 Å². The second-order valence-electron chi connectivity index (χ2n) is 7.32. The number of hydrogen-bond donors (Lipinski definition) is 3. The number of hydrogen-bond acceptors (Lipinski definition) is 7. The quantitative estimate of drug-likeness (QED) is 0.730. The van der Waals surface area contributed by atoms with Gasteiger partial charge in [-0.1, -0.05) is 17.3 Å². The van der Waals surface area contributed by atoms with E-state index >= 15 is 0 Å². The Balaban J connectivity index is 1.41. The number of fused-ring (bicyclic) bond motifs is 1. The molecule has 3 aliphatic heterocycles. The van der Waals surface area contributed by atoms with Crippen molar-refractivity contribution in [3.63, 3.8) is 0 Å². The summed E-state index contributed by atoms with van der Waals surface area (Å²) < 4.78 is 19.3. The van der Waals surface area contributed by atoms with Crippen molar-refractivity contribution in [2.45, 2.75) is 24.9 Å². The van der Waals surface area contributed by atoms with Gasteiger partial charge in [-0.2, -0.15) is 4.98 Å². The van der Waals surface area contributed by atoms with E-state index < -0.39 is 5.82 Å². The zero-order valence-corrected chi connectivity index (χ0v) is 15.2. The van der Waals surface area contributed by atoms with Crippen molar-refractivity contribution < 1.29 is 13.7 Å². The molecule has 1 aromatic carbocycles. The zero-order chi connectivity index (χ0) is 19.1. The number of benzene rings is 1. The predicted molar refractivity (Wildman–Crippen MR) is 97.9 cm³/mol. The van der Waals surface area contributed by atoms with Crippen molar-refractivity contribution in [1.29, 1.82) is 0 Å². The lowest BCUT2D eigenvalue weighted by Gasteiger charge is -2.38. The first-order valence-electron chi connectivity index (χ1n) is 9.55. The van der Waals surface area contributed by atoms with Crippen LogP contribution in [0.5, 0.6) is 0 Å². The van der Waals surface area contributed by atoms with Crippen molar-refractivity contribution in [2.24, 2.45) is 5.92 Å². The number of allylic oxidation sites excluding steroid dienone is 1. The van der Waals surface area contributed by atoms with Crippen LogP contribution in [0, 0.1) is 11.7 Å². The minimum Gasteiger partial charge on any atom is -0.334 e. The minimum absolute atomic E-state index is 0.110. The minimum atomic E-state index is -0.411. The molecule has 2 aromatic rings. The highest BCUT2D eigenvalue weighted by Gasteiger charge is 2.44. The van der Waals surface area contributed by atoms with Crippen molar-refractivity contribution in [2.75, 3.05) is 19.6 Å². The maximum Gasteiger partial charge on any atom is 0.260 e. The fourth-order valence-corrected chi connectivity index (χ4v) is 4.19. The summed E-state index contributed by atoms with van der Waals surface area (Å²) in [4.78, 5) is 16.7. The summed E-state index contributed by atoms with van der Waals surface area (Å²) in [6.45, 7) is 2.45. The molecule has 1 aromatic heterocycles. The molecule has 146 valence electrons. The molecule has 0 saturated carbocycles. The van der Waals surface area contributed by atoms with Gasteiger partial charge in [0.15, 0.2) is 5.82 Å². The molecule has 2 unspecified atom stereocenters. The summed E-state index contributed by atoms with van der Waals surface area (Å²) in [7, 11) is 0. The molecule has 9 heteroatoms. The fourth-order valence-electron chi connectivity index (χ4n) is 4.19. The lowest BCUT2D eigenvalue weighted by Crippen LogP contribution is -2.54. The fraction of sp³-hybridized carbons (Fsp3) is 0.421. The molecular formula is C19H21FN6O2. The number of amides is 1. The number of rotatable bonds is 3. The average Bonchev–Trinajstić information content (AvgIpc) is 3.35. The Morgan fingerprint density at radius 2 is 2.04 bits per heavy atom. The first-order valence-corrected chi connectivity index (χ1v) is 9.55. The standard InChI is InChI=1S/C19H21FN6O2/c20-14-4-2-1-3-12(14)19-24-17(25-28-19)13-10-22-26-15(9-16(27)23-18(13)26)11-5-7-21-8-6-11/h1-4,9,11,13,18,21-22H,5-8,10H2,(H,23,27). The van der Waals surface area contributed by atoms with Gasteiger partial charge in [-0.25, -0.2) is 9.82 Å². The van der Waals surface area contributed by atoms with Crippen molar-refractivity contribution in [1.82, 2.24) is 31.2 Å². The summed E-state index contributed by atoms with van der Waals surface area (Å²) in [6.07, 6.45) is 3.37. The first-order chi connectivity index (χ1) is 13.7.